The van der Waals surface area contributed by atoms with E-state index in [0.717, 1.165) is 55.4 Å². The third-order valence-corrected chi connectivity index (χ3v) is 6.03. The lowest BCUT2D eigenvalue weighted by Crippen LogP contribution is -2.62. The number of likely N-dealkylation sites (tertiary alicyclic amines) is 2. The van der Waals surface area contributed by atoms with Gasteiger partial charge in [0.05, 0.1) is 28.7 Å². The molecule has 1 aromatic carbocycles. The molecule has 0 aliphatic carbocycles. The van der Waals surface area contributed by atoms with Crippen LogP contribution in [-0.2, 0) is 6.18 Å². The molecule has 0 saturated carbocycles. The number of nitrogens with zero attached hydrogens (tertiary/aromatic N) is 5. The molecule has 2 fully saturated rings. The van der Waals surface area contributed by atoms with Crippen molar-refractivity contribution in [3.8, 4) is 5.69 Å². The van der Waals surface area contributed by atoms with E-state index in [4.69, 9.17) is 0 Å². The fraction of sp³-hybridized carbons (Fsp3) is 0.478. The third-order valence-electron chi connectivity index (χ3n) is 6.03. The molecule has 2 saturated heterocycles. The van der Waals surface area contributed by atoms with Crippen LogP contribution in [0.15, 0.2) is 47.7 Å². The van der Waals surface area contributed by atoms with Crippen LogP contribution >= 0.6 is 0 Å². The minimum absolute atomic E-state index is 0.378. The van der Waals surface area contributed by atoms with Crippen LogP contribution < -0.4 is 0 Å². The van der Waals surface area contributed by atoms with Crippen LogP contribution in [0.5, 0.6) is 0 Å². The number of benzene rings is 1. The Morgan fingerprint density at radius 3 is 2.52 bits per heavy atom. The largest absolute Gasteiger partial charge is 0.416 e. The molecule has 2 aliphatic rings. The molecule has 0 radical (unpaired) electrons. The van der Waals surface area contributed by atoms with Gasteiger partial charge < -0.3 is 4.90 Å². The Kier molecular flexibility index (Phi) is 5.92. The monoisotopic (exact) mass is 431 g/mol. The molecule has 0 atom stereocenters. The highest BCUT2D eigenvalue weighted by atomic mass is 19.4. The molecule has 1 aromatic heterocycles. The predicted molar refractivity (Wildman–Crippen MR) is 115 cm³/mol. The number of rotatable bonds is 4. The summed E-state index contributed by atoms with van der Waals surface area (Å²) in [5.74, 6) is 0.788. The number of aliphatic imine (C=N–C) groups is 1. The highest BCUT2D eigenvalue weighted by molar-refractivity contribution is 6.00. The molecule has 0 spiro atoms. The smallest absolute Gasteiger partial charge is 0.353 e. The van der Waals surface area contributed by atoms with Gasteiger partial charge in [-0.1, -0.05) is 19.1 Å². The molecule has 4 rings (SSSR count). The van der Waals surface area contributed by atoms with Crippen molar-refractivity contribution < 1.29 is 13.2 Å². The number of amidine groups is 1. The molecule has 0 bridgehead atoms. The van der Waals surface area contributed by atoms with Crippen molar-refractivity contribution in [1.82, 2.24) is 19.6 Å². The zero-order valence-electron chi connectivity index (χ0n) is 18.0. The summed E-state index contributed by atoms with van der Waals surface area (Å²) < 4.78 is 41.0. The Hall–Kier alpha value is -2.61. The predicted octanol–water partition coefficient (Wildman–Crippen LogP) is 4.65. The van der Waals surface area contributed by atoms with Gasteiger partial charge in [-0.25, -0.2) is 9.67 Å². The maximum Gasteiger partial charge on any atom is 0.416 e. The number of hydrogen-bond acceptors (Lipinski definition) is 3. The van der Waals surface area contributed by atoms with Gasteiger partial charge in [0.1, 0.15) is 5.84 Å². The zero-order chi connectivity index (χ0) is 22.2. The van der Waals surface area contributed by atoms with Crippen LogP contribution in [0, 0.1) is 6.92 Å². The number of aromatic nitrogens is 2. The van der Waals surface area contributed by atoms with Crippen molar-refractivity contribution >= 4 is 5.84 Å². The Morgan fingerprint density at radius 2 is 1.87 bits per heavy atom. The molecule has 0 unspecified atom stereocenters. The Morgan fingerprint density at radius 1 is 1.16 bits per heavy atom. The number of piperidine rings is 1. The summed E-state index contributed by atoms with van der Waals surface area (Å²) in [7, 11) is 0. The molecular weight excluding hydrogens is 403 g/mol. The van der Waals surface area contributed by atoms with Crippen molar-refractivity contribution in [1.29, 1.82) is 0 Å². The molecule has 2 aromatic rings. The Bertz CT molecular complexity index is 979. The molecule has 2 aliphatic heterocycles. The van der Waals surface area contributed by atoms with Gasteiger partial charge in [0.15, 0.2) is 0 Å². The molecule has 3 heterocycles. The molecule has 5 nitrogen and oxygen atoms in total. The highest BCUT2D eigenvalue weighted by Crippen LogP contribution is 2.31. The van der Waals surface area contributed by atoms with Crippen molar-refractivity contribution in [3.63, 3.8) is 0 Å². The van der Waals surface area contributed by atoms with Crippen molar-refractivity contribution in [2.24, 2.45) is 4.99 Å². The number of halogens is 3. The van der Waals surface area contributed by atoms with Gasteiger partial charge in [0.2, 0.25) is 0 Å². The van der Waals surface area contributed by atoms with Crippen LogP contribution in [0.3, 0.4) is 0 Å². The highest BCUT2D eigenvalue weighted by Gasteiger charge is 2.36. The number of hydrogen-bond donors (Lipinski definition) is 0. The van der Waals surface area contributed by atoms with Crippen molar-refractivity contribution in [2.45, 2.75) is 45.3 Å². The third kappa shape index (κ3) is 4.54. The van der Waals surface area contributed by atoms with E-state index < -0.39 is 11.7 Å². The lowest BCUT2D eigenvalue weighted by Gasteiger charge is -2.48. The van der Waals surface area contributed by atoms with Crippen LogP contribution in [0.2, 0.25) is 0 Å². The molecule has 8 heteroatoms. The molecular formula is C23H28F3N5. The van der Waals surface area contributed by atoms with Gasteiger partial charge in [0.25, 0.3) is 0 Å². The van der Waals surface area contributed by atoms with Gasteiger partial charge in [-0.15, -0.1) is 0 Å². The first kappa shape index (κ1) is 21.6. The van der Waals surface area contributed by atoms with Crippen LogP contribution in [0.4, 0.5) is 13.2 Å². The van der Waals surface area contributed by atoms with Crippen molar-refractivity contribution in [3.05, 3.63) is 59.6 Å². The quantitative estimate of drug-likeness (QED) is 0.522. The van der Waals surface area contributed by atoms with Gasteiger partial charge in [-0.05, 0) is 58.0 Å². The zero-order valence-corrected chi connectivity index (χ0v) is 18.0. The maximum atomic E-state index is 13.1. The second-order valence-corrected chi connectivity index (χ2v) is 8.43. The molecule has 0 N–H and O–H groups in total. The second-order valence-electron chi connectivity index (χ2n) is 8.43. The second kappa shape index (κ2) is 8.49. The summed E-state index contributed by atoms with van der Waals surface area (Å²) in [6.07, 6.45) is 1.11. The average molecular weight is 432 g/mol. The van der Waals surface area contributed by atoms with Gasteiger partial charge >= 0.3 is 6.18 Å². The normalized spacial score (nSPS) is 18.9. The summed E-state index contributed by atoms with van der Waals surface area (Å²) in [5.41, 5.74) is 1.94. The van der Waals surface area contributed by atoms with Crippen molar-refractivity contribution in [2.75, 3.05) is 26.2 Å². The lowest BCUT2D eigenvalue weighted by molar-refractivity contribution is -0.137. The fourth-order valence-corrected chi connectivity index (χ4v) is 4.33. The summed E-state index contributed by atoms with van der Waals surface area (Å²) in [6.45, 7) is 11.7. The van der Waals surface area contributed by atoms with E-state index in [-0.39, 0.29) is 0 Å². The maximum absolute atomic E-state index is 13.1. The molecule has 31 heavy (non-hydrogen) atoms. The SMILES string of the molecule is C=C(C)/N=C(\c1cnn(-c2cccc(C(F)(F)F)c2)c1C)N1CC(N2CCCCC2)C1. The standard InChI is InChI=1S/C23H28F3N5/c1-16(2)28-22(30-14-20(15-30)29-10-5-4-6-11-29)21-13-27-31(17(21)3)19-9-7-8-18(12-19)23(24,25)26/h7-9,12-13,20H,1,4-6,10-11,14-15H2,2-3H3/b28-22+. The topological polar surface area (TPSA) is 36.7 Å². The summed E-state index contributed by atoms with van der Waals surface area (Å²) in [5, 5.41) is 4.39. The summed E-state index contributed by atoms with van der Waals surface area (Å²) in [6, 6.07) is 5.74. The van der Waals surface area contributed by atoms with E-state index in [1.807, 2.05) is 13.8 Å². The van der Waals surface area contributed by atoms with Crippen LogP contribution in [0.25, 0.3) is 5.69 Å². The van der Waals surface area contributed by atoms with Gasteiger partial charge in [0, 0.05) is 24.8 Å². The minimum Gasteiger partial charge on any atom is -0.353 e. The van der Waals surface area contributed by atoms with Crippen LogP contribution in [-0.4, -0.2) is 57.6 Å². The van der Waals surface area contributed by atoms with E-state index in [0.29, 0.717) is 17.4 Å². The lowest BCUT2D eigenvalue weighted by atomic mass is 10.0. The number of allylic oxidation sites excluding steroid dienone is 1. The van der Waals surface area contributed by atoms with E-state index in [9.17, 15) is 13.2 Å². The first-order valence-corrected chi connectivity index (χ1v) is 10.7. The molecule has 166 valence electrons. The average Bonchev–Trinajstić information content (AvgIpc) is 3.07. The first-order valence-electron chi connectivity index (χ1n) is 10.7. The Balaban J connectivity index is 1.59. The van der Waals surface area contributed by atoms with Gasteiger partial charge in [-0.2, -0.15) is 18.3 Å². The number of alkyl halides is 3. The Labute approximate surface area is 180 Å². The summed E-state index contributed by atoms with van der Waals surface area (Å²) >= 11 is 0. The summed E-state index contributed by atoms with van der Waals surface area (Å²) in [4.78, 5) is 9.44. The van der Waals surface area contributed by atoms with Crippen LogP contribution in [0.1, 0.15) is 43.0 Å². The van der Waals surface area contributed by atoms with E-state index >= 15 is 0 Å². The first-order chi connectivity index (χ1) is 14.7. The minimum atomic E-state index is -4.40. The van der Waals surface area contributed by atoms with Gasteiger partial charge in [-0.3, -0.25) is 4.90 Å². The van der Waals surface area contributed by atoms with E-state index in [1.165, 1.54) is 25.3 Å². The van der Waals surface area contributed by atoms with E-state index in [2.05, 4.69) is 26.5 Å². The fourth-order valence-electron chi connectivity index (χ4n) is 4.33. The van der Waals surface area contributed by atoms with E-state index in [1.54, 1.807) is 16.9 Å². The molecule has 0 amide bonds.